The number of carbonyl (C=O) groups is 1. The third kappa shape index (κ3) is 4.23. The van der Waals surface area contributed by atoms with Crippen molar-refractivity contribution < 1.29 is 4.79 Å². The predicted octanol–water partition coefficient (Wildman–Crippen LogP) is 3.60. The Bertz CT molecular complexity index is 1020. The van der Waals surface area contributed by atoms with Gasteiger partial charge < -0.3 is 9.88 Å². The number of nitrogens with one attached hydrogen (secondary N) is 3. The van der Waals surface area contributed by atoms with Crippen LogP contribution in [-0.2, 0) is 6.54 Å². The molecule has 1 aromatic heterocycles. The highest BCUT2D eigenvalue weighted by atomic mass is 32.1. The minimum atomic E-state index is -0.238. The van der Waals surface area contributed by atoms with Crippen LogP contribution >= 0.6 is 12.2 Å². The molecule has 1 amide bonds. The SMILES string of the molecule is C=CCNC(=S)NNC(=O)c1ccc2c(c1)c(C)c(C)n2Cc1ccccc1. The number of amides is 1. The van der Waals surface area contributed by atoms with Crippen LogP contribution in [-0.4, -0.2) is 22.1 Å². The van der Waals surface area contributed by atoms with Crippen molar-refractivity contribution in [1.29, 1.82) is 0 Å². The fourth-order valence-corrected chi connectivity index (χ4v) is 3.29. The van der Waals surface area contributed by atoms with E-state index in [2.05, 4.69) is 53.3 Å². The zero-order valence-electron chi connectivity index (χ0n) is 16.1. The third-order valence-electron chi connectivity index (χ3n) is 4.78. The highest BCUT2D eigenvalue weighted by Crippen LogP contribution is 2.27. The van der Waals surface area contributed by atoms with E-state index in [1.807, 2.05) is 36.4 Å². The van der Waals surface area contributed by atoms with Crippen LogP contribution in [0.15, 0.2) is 61.2 Å². The zero-order valence-corrected chi connectivity index (χ0v) is 16.9. The van der Waals surface area contributed by atoms with E-state index in [0.29, 0.717) is 17.2 Å². The molecule has 0 radical (unpaired) electrons. The van der Waals surface area contributed by atoms with Crippen molar-refractivity contribution in [2.24, 2.45) is 0 Å². The van der Waals surface area contributed by atoms with Crippen molar-refractivity contribution in [3.05, 3.63) is 83.6 Å². The first-order valence-corrected chi connectivity index (χ1v) is 9.50. The van der Waals surface area contributed by atoms with Crippen molar-refractivity contribution in [2.75, 3.05) is 6.54 Å². The summed E-state index contributed by atoms with van der Waals surface area (Å²) in [4.78, 5) is 12.5. The van der Waals surface area contributed by atoms with Crippen molar-refractivity contribution >= 4 is 34.1 Å². The fourth-order valence-electron chi connectivity index (χ4n) is 3.16. The number of hydrogen-bond donors (Lipinski definition) is 3. The van der Waals surface area contributed by atoms with Crippen LogP contribution in [0.25, 0.3) is 10.9 Å². The lowest BCUT2D eigenvalue weighted by molar-refractivity contribution is 0.0944. The summed E-state index contributed by atoms with van der Waals surface area (Å²) >= 11 is 5.08. The molecule has 3 N–H and O–H groups in total. The lowest BCUT2D eigenvalue weighted by Crippen LogP contribution is -2.46. The standard InChI is InChI=1S/C22H24N4OS/c1-4-12-23-22(28)25-24-21(27)18-10-11-20-19(13-18)15(2)16(3)26(20)14-17-8-6-5-7-9-17/h4-11,13H,1,12,14H2,2-3H3,(H,24,27)(H2,23,25,28). The Kier molecular flexibility index (Phi) is 6.11. The molecule has 2 aromatic carbocycles. The average Bonchev–Trinajstić information content (AvgIpc) is 2.95. The number of rotatable bonds is 5. The third-order valence-corrected chi connectivity index (χ3v) is 5.03. The van der Waals surface area contributed by atoms with Gasteiger partial charge in [0, 0.05) is 35.2 Å². The van der Waals surface area contributed by atoms with Gasteiger partial charge in [0.1, 0.15) is 0 Å². The molecule has 6 heteroatoms. The first-order valence-electron chi connectivity index (χ1n) is 9.09. The van der Waals surface area contributed by atoms with E-state index in [-0.39, 0.29) is 5.91 Å². The van der Waals surface area contributed by atoms with Gasteiger partial charge in [-0.25, -0.2) is 0 Å². The summed E-state index contributed by atoms with van der Waals surface area (Å²) < 4.78 is 2.29. The zero-order chi connectivity index (χ0) is 20.1. The van der Waals surface area contributed by atoms with Crippen molar-refractivity contribution in [3.8, 4) is 0 Å². The van der Waals surface area contributed by atoms with E-state index < -0.39 is 0 Å². The summed E-state index contributed by atoms with van der Waals surface area (Å²) in [7, 11) is 0. The Morgan fingerprint density at radius 2 is 1.89 bits per heavy atom. The number of hydrazine groups is 1. The molecule has 0 saturated heterocycles. The number of aromatic nitrogens is 1. The first kappa shape index (κ1) is 19.6. The van der Waals surface area contributed by atoms with Gasteiger partial charge in [-0.2, -0.15) is 0 Å². The molecule has 0 bridgehead atoms. The van der Waals surface area contributed by atoms with Crippen molar-refractivity contribution in [2.45, 2.75) is 20.4 Å². The van der Waals surface area contributed by atoms with E-state index in [4.69, 9.17) is 12.2 Å². The van der Waals surface area contributed by atoms with E-state index in [1.165, 1.54) is 16.8 Å². The van der Waals surface area contributed by atoms with Crippen LogP contribution < -0.4 is 16.2 Å². The predicted molar refractivity (Wildman–Crippen MR) is 118 cm³/mol. The van der Waals surface area contributed by atoms with E-state index in [9.17, 15) is 4.79 Å². The number of carbonyl (C=O) groups excluding carboxylic acids is 1. The quantitative estimate of drug-likeness (QED) is 0.353. The molecule has 5 nitrogen and oxygen atoms in total. The second-order valence-electron chi connectivity index (χ2n) is 6.59. The molecule has 0 unspecified atom stereocenters. The lowest BCUT2D eigenvalue weighted by atomic mass is 10.1. The van der Waals surface area contributed by atoms with Gasteiger partial charge in [0.2, 0.25) is 0 Å². The first-order chi connectivity index (χ1) is 13.5. The van der Waals surface area contributed by atoms with E-state index in [0.717, 1.165) is 17.4 Å². The van der Waals surface area contributed by atoms with Crippen LogP contribution in [0.4, 0.5) is 0 Å². The van der Waals surface area contributed by atoms with E-state index >= 15 is 0 Å². The number of fused-ring (bicyclic) bond motifs is 1. The average molecular weight is 393 g/mol. The normalized spacial score (nSPS) is 10.5. The van der Waals surface area contributed by atoms with Crippen molar-refractivity contribution in [3.63, 3.8) is 0 Å². The molecule has 0 aliphatic heterocycles. The molecule has 28 heavy (non-hydrogen) atoms. The maximum Gasteiger partial charge on any atom is 0.269 e. The minimum absolute atomic E-state index is 0.238. The largest absolute Gasteiger partial charge is 0.358 e. The van der Waals surface area contributed by atoms with Crippen LogP contribution in [0.3, 0.4) is 0 Å². The van der Waals surface area contributed by atoms with Gasteiger partial charge in [-0.15, -0.1) is 6.58 Å². The summed E-state index contributed by atoms with van der Waals surface area (Å²) in [5.74, 6) is -0.238. The van der Waals surface area contributed by atoms with Crippen LogP contribution in [0, 0.1) is 13.8 Å². The summed E-state index contributed by atoms with van der Waals surface area (Å²) in [5, 5.41) is 4.32. The summed E-state index contributed by atoms with van der Waals surface area (Å²) in [6, 6.07) is 16.1. The lowest BCUT2D eigenvalue weighted by Gasteiger charge is -2.11. The molecule has 0 spiro atoms. The maximum atomic E-state index is 12.5. The smallest absolute Gasteiger partial charge is 0.269 e. The van der Waals surface area contributed by atoms with Crippen LogP contribution in [0.2, 0.25) is 0 Å². The molecule has 0 atom stereocenters. The van der Waals surface area contributed by atoms with Gasteiger partial charge in [0.25, 0.3) is 5.91 Å². The van der Waals surface area contributed by atoms with Gasteiger partial charge in [0.15, 0.2) is 5.11 Å². The number of benzene rings is 2. The van der Waals surface area contributed by atoms with Crippen LogP contribution in [0.1, 0.15) is 27.2 Å². The monoisotopic (exact) mass is 392 g/mol. The second kappa shape index (κ2) is 8.71. The maximum absolute atomic E-state index is 12.5. The fraction of sp³-hybridized carbons (Fsp3) is 0.182. The number of nitrogens with zero attached hydrogens (tertiary/aromatic N) is 1. The summed E-state index contributed by atoms with van der Waals surface area (Å²) in [6.07, 6.45) is 1.69. The van der Waals surface area contributed by atoms with Gasteiger partial charge in [-0.1, -0.05) is 36.4 Å². The van der Waals surface area contributed by atoms with Crippen LogP contribution in [0.5, 0.6) is 0 Å². The Labute approximate surface area is 170 Å². The molecule has 0 saturated carbocycles. The Morgan fingerprint density at radius 1 is 1.14 bits per heavy atom. The molecule has 144 valence electrons. The number of hydrogen-bond acceptors (Lipinski definition) is 2. The highest BCUT2D eigenvalue weighted by molar-refractivity contribution is 7.80. The molecule has 0 aliphatic carbocycles. The molecular formula is C22H24N4OS. The van der Waals surface area contributed by atoms with Gasteiger partial charge >= 0.3 is 0 Å². The molecule has 0 fully saturated rings. The summed E-state index contributed by atoms with van der Waals surface area (Å²) in [6.45, 7) is 9.14. The number of aryl methyl sites for hydroxylation is 1. The summed E-state index contributed by atoms with van der Waals surface area (Å²) in [5.41, 5.74) is 10.6. The topological polar surface area (TPSA) is 58.1 Å². The van der Waals surface area contributed by atoms with Gasteiger partial charge in [0.05, 0.1) is 0 Å². The Hall–Kier alpha value is -3.12. The van der Waals surface area contributed by atoms with Gasteiger partial charge in [-0.05, 0) is 55.4 Å². The highest BCUT2D eigenvalue weighted by Gasteiger charge is 2.14. The molecule has 0 aliphatic rings. The Morgan fingerprint density at radius 3 is 2.61 bits per heavy atom. The van der Waals surface area contributed by atoms with Crippen molar-refractivity contribution in [1.82, 2.24) is 20.7 Å². The van der Waals surface area contributed by atoms with Gasteiger partial charge in [-0.3, -0.25) is 15.6 Å². The molecule has 1 heterocycles. The Balaban J connectivity index is 1.82. The minimum Gasteiger partial charge on any atom is -0.358 e. The molecule has 3 aromatic rings. The number of thiocarbonyl (C=S) groups is 1. The van der Waals surface area contributed by atoms with E-state index in [1.54, 1.807) is 6.08 Å². The second-order valence-corrected chi connectivity index (χ2v) is 7.00. The molecule has 3 rings (SSSR count). The molecular weight excluding hydrogens is 368 g/mol.